The van der Waals surface area contributed by atoms with Crippen molar-refractivity contribution in [2.24, 2.45) is 0 Å². The van der Waals surface area contributed by atoms with E-state index < -0.39 is 11.7 Å². The second-order valence-corrected chi connectivity index (χ2v) is 9.50. The third kappa shape index (κ3) is 8.14. The molecule has 0 saturated heterocycles. The van der Waals surface area contributed by atoms with E-state index in [4.69, 9.17) is 27.6 Å². The van der Waals surface area contributed by atoms with Gasteiger partial charge in [-0.1, -0.05) is 74.7 Å². The van der Waals surface area contributed by atoms with Crippen LogP contribution in [0.2, 0.25) is 5.02 Å². The van der Waals surface area contributed by atoms with Gasteiger partial charge < -0.3 is 9.32 Å². The number of hydrogen-bond donors (Lipinski definition) is 0. The summed E-state index contributed by atoms with van der Waals surface area (Å²) in [6, 6.07) is 9.77. The molecule has 0 bridgehead atoms. The maximum atomic E-state index is 13.3. The summed E-state index contributed by atoms with van der Waals surface area (Å²) in [6.07, 6.45) is 5.37. The fourth-order valence-corrected chi connectivity index (χ4v) is 4.49. The first-order chi connectivity index (χ1) is 17.4. The quantitative estimate of drug-likeness (QED) is 0.241. The summed E-state index contributed by atoms with van der Waals surface area (Å²) in [7, 11) is 0. The average Bonchev–Trinajstić information content (AvgIpc) is 3.38. The van der Waals surface area contributed by atoms with Crippen molar-refractivity contribution in [1.29, 1.82) is 0 Å². The molecule has 37 heavy (non-hydrogen) atoms. The highest BCUT2D eigenvalue weighted by Gasteiger charge is 2.39. The molecular formula is C29H32Cl2F3NO2. The van der Waals surface area contributed by atoms with Crippen molar-refractivity contribution in [2.75, 3.05) is 0 Å². The predicted molar refractivity (Wildman–Crippen MR) is 145 cm³/mol. The van der Waals surface area contributed by atoms with Crippen LogP contribution in [0.15, 0.2) is 88.1 Å². The van der Waals surface area contributed by atoms with Crippen molar-refractivity contribution >= 4 is 34.6 Å². The van der Waals surface area contributed by atoms with Gasteiger partial charge in [-0.25, -0.2) is 0 Å². The number of Topliss-reactive ketones (excluding diaryl/α,β-unsaturated/α-hetero) is 1. The first-order valence-corrected chi connectivity index (χ1v) is 12.8. The van der Waals surface area contributed by atoms with Crippen LogP contribution in [0.5, 0.6) is 0 Å². The Morgan fingerprint density at radius 2 is 1.73 bits per heavy atom. The summed E-state index contributed by atoms with van der Waals surface area (Å²) in [6.45, 7) is 10.7. The third-order valence-corrected chi connectivity index (χ3v) is 6.81. The molecule has 1 aliphatic heterocycles. The van der Waals surface area contributed by atoms with Crippen molar-refractivity contribution in [1.82, 2.24) is 4.90 Å². The van der Waals surface area contributed by atoms with Crippen molar-refractivity contribution < 1.29 is 22.4 Å². The molecule has 1 aromatic heterocycles. The largest absolute Gasteiger partial charge is 0.472 e. The molecule has 0 fully saturated rings. The smallest absolute Gasteiger partial charge is 0.418 e. The minimum absolute atomic E-state index is 0.127. The highest BCUT2D eigenvalue weighted by molar-refractivity contribution is 6.32. The Labute approximate surface area is 226 Å². The standard InChI is InChI=1S/C16H13ClF3NO2.C13H19Cl/c1-9(11(3)22)15(17)21-7-13(12-4-5-23-8-12)6-14(10(21)2)16(18,19)20;1-3-7-11(8-4-2)12-9-5-6-10-13(12)14/h4-8H,2H2,1,3H3;5-6,9-11H,3-4,7-8H2,1-2H3/b15-9+;. The van der Waals surface area contributed by atoms with Crippen LogP contribution in [0.3, 0.4) is 0 Å². The second-order valence-electron chi connectivity index (χ2n) is 8.74. The van der Waals surface area contributed by atoms with Crippen molar-refractivity contribution in [3.63, 3.8) is 0 Å². The number of hydrogen-bond acceptors (Lipinski definition) is 3. The Kier molecular flexibility index (Phi) is 11.3. The molecule has 1 aromatic carbocycles. The SMILES string of the molecule is C=C1C(C(F)(F)F)=CC(c2ccoc2)=CN1/C(Cl)=C(\C)C(C)=O.CCCC(CCC)c1ccccc1Cl. The number of alkyl halides is 3. The minimum Gasteiger partial charge on any atom is -0.472 e. The molecule has 2 aromatic rings. The molecule has 0 amide bonds. The number of carbonyl (C=O) groups excluding carboxylic acids is 1. The van der Waals surface area contributed by atoms with Crippen LogP contribution >= 0.6 is 23.2 Å². The third-order valence-electron chi connectivity index (χ3n) is 6.00. The lowest BCUT2D eigenvalue weighted by Gasteiger charge is -2.30. The molecule has 0 unspecified atom stereocenters. The molecule has 2 heterocycles. The van der Waals surface area contributed by atoms with Gasteiger partial charge in [0.15, 0.2) is 5.78 Å². The van der Waals surface area contributed by atoms with E-state index in [2.05, 4.69) is 32.6 Å². The highest BCUT2D eigenvalue weighted by atomic mass is 35.5. The average molecular weight is 554 g/mol. The Morgan fingerprint density at radius 1 is 1.11 bits per heavy atom. The summed E-state index contributed by atoms with van der Waals surface area (Å²) >= 11 is 12.3. The number of rotatable bonds is 8. The maximum absolute atomic E-state index is 13.3. The van der Waals surface area contributed by atoms with E-state index in [9.17, 15) is 18.0 Å². The van der Waals surface area contributed by atoms with E-state index in [0.29, 0.717) is 11.5 Å². The zero-order valence-electron chi connectivity index (χ0n) is 21.5. The normalized spacial score (nSPS) is 14.5. The van der Waals surface area contributed by atoms with Gasteiger partial charge in [0.1, 0.15) is 5.16 Å². The van der Waals surface area contributed by atoms with Gasteiger partial charge in [-0.3, -0.25) is 4.79 Å². The molecule has 3 nitrogen and oxygen atoms in total. The molecule has 0 atom stereocenters. The monoisotopic (exact) mass is 553 g/mol. The van der Waals surface area contributed by atoms with Crippen molar-refractivity contribution in [2.45, 2.75) is 65.5 Å². The van der Waals surface area contributed by atoms with Gasteiger partial charge in [0, 0.05) is 27.9 Å². The van der Waals surface area contributed by atoms with E-state index in [1.165, 1.54) is 69.9 Å². The topological polar surface area (TPSA) is 33.5 Å². The number of furan rings is 1. The zero-order valence-corrected chi connectivity index (χ0v) is 23.0. The van der Waals surface area contributed by atoms with Gasteiger partial charge in [0.2, 0.25) is 0 Å². The van der Waals surface area contributed by atoms with Crippen LogP contribution in [0.1, 0.15) is 70.4 Å². The number of ketones is 1. The second kappa shape index (κ2) is 13.7. The Bertz CT molecular complexity index is 1170. The van der Waals surface area contributed by atoms with Gasteiger partial charge in [0.05, 0.1) is 23.8 Å². The van der Waals surface area contributed by atoms with E-state index in [1.807, 2.05) is 12.1 Å². The molecule has 0 aliphatic carbocycles. The summed E-state index contributed by atoms with van der Waals surface area (Å²) in [5, 5.41) is 0.803. The van der Waals surface area contributed by atoms with Crippen LogP contribution in [0, 0.1) is 0 Å². The molecule has 200 valence electrons. The predicted octanol–water partition coefficient (Wildman–Crippen LogP) is 10.0. The van der Waals surface area contributed by atoms with Crippen LogP contribution < -0.4 is 0 Å². The molecule has 0 saturated carbocycles. The molecule has 3 rings (SSSR count). The number of halogens is 5. The molecule has 0 radical (unpaired) electrons. The van der Waals surface area contributed by atoms with Gasteiger partial charge in [-0.05, 0) is 56.4 Å². The van der Waals surface area contributed by atoms with Crippen molar-refractivity contribution in [3.8, 4) is 0 Å². The Morgan fingerprint density at radius 3 is 2.22 bits per heavy atom. The van der Waals surface area contributed by atoms with E-state index in [0.717, 1.165) is 16.0 Å². The lowest BCUT2D eigenvalue weighted by molar-refractivity contribution is -0.113. The van der Waals surface area contributed by atoms with Crippen LogP contribution in [0.25, 0.3) is 5.57 Å². The first-order valence-electron chi connectivity index (χ1n) is 12.1. The van der Waals surface area contributed by atoms with Crippen LogP contribution in [-0.2, 0) is 4.79 Å². The summed E-state index contributed by atoms with van der Waals surface area (Å²) in [5.74, 6) is 0.308. The van der Waals surface area contributed by atoms with Crippen molar-refractivity contribution in [3.05, 3.63) is 99.9 Å². The highest BCUT2D eigenvalue weighted by Crippen LogP contribution is 2.41. The van der Waals surface area contributed by atoms with Crippen LogP contribution in [-0.4, -0.2) is 16.9 Å². The van der Waals surface area contributed by atoms with Gasteiger partial charge in [-0.15, -0.1) is 0 Å². The van der Waals surface area contributed by atoms with Gasteiger partial charge in [0.25, 0.3) is 0 Å². The molecule has 8 heteroatoms. The Hall–Kier alpha value is -2.70. The number of carbonyl (C=O) groups is 1. The van der Waals surface area contributed by atoms with Gasteiger partial charge >= 0.3 is 6.18 Å². The Balaban J connectivity index is 0.000000294. The summed E-state index contributed by atoms with van der Waals surface area (Å²) in [4.78, 5) is 12.5. The summed E-state index contributed by atoms with van der Waals surface area (Å²) < 4.78 is 44.7. The van der Waals surface area contributed by atoms with E-state index in [-0.39, 0.29) is 27.8 Å². The number of nitrogens with zero attached hydrogens (tertiary/aromatic N) is 1. The fraction of sp³-hybridized carbons (Fsp3) is 0.345. The van der Waals surface area contributed by atoms with Crippen LogP contribution in [0.4, 0.5) is 13.2 Å². The fourth-order valence-electron chi connectivity index (χ4n) is 3.91. The summed E-state index contributed by atoms with van der Waals surface area (Å²) in [5.41, 5.74) is 0.875. The lowest BCUT2D eigenvalue weighted by Crippen LogP contribution is -2.26. The number of benzene rings is 1. The first kappa shape index (κ1) is 30.5. The molecule has 0 N–H and O–H groups in total. The number of allylic oxidation sites excluding steroid dienone is 4. The van der Waals surface area contributed by atoms with E-state index >= 15 is 0 Å². The zero-order chi connectivity index (χ0) is 27.8. The van der Waals surface area contributed by atoms with Gasteiger partial charge in [-0.2, -0.15) is 13.2 Å². The maximum Gasteiger partial charge on any atom is 0.418 e. The molecular weight excluding hydrogens is 522 g/mol. The minimum atomic E-state index is -4.61. The molecule has 1 aliphatic rings. The lowest BCUT2D eigenvalue weighted by atomic mass is 9.90. The van der Waals surface area contributed by atoms with E-state index in [1.54, 1.807) is 0 Å². The molecule has 0 spiro atoms.